The number of nitrogens with zero attached hydrogens (tertiary/aromatic N) is 1. The molecule has 0 amide bonds. The molecule has 0 bridgehead atoms. The Labute approximate surface area is 118 Å². The molecule has 110 valence electrons. The summed E-state index contributed by atoms with van der Waals surface area (Å²) in [5, 5.41) is 10.1. The summed E-state index contributed by atoms with van der Waals surface area (Å²) in [7, 11) is 0. The predicted molar refractivity (Wildman–Crippen MR) is 78.9 cm³/mol. The third-order valence-electron chi connectivity index (χ3n) is 3.99. The Kier molecular flexibility index (Phi) is 6.32. The van der Waals surface area contributed by atoms with Gasteiger partial charge < -0.3 is 14.7 Å². The molecule has 1 aliphatic heterocycles. The van der Waals surface area contributed by atoms with Crippen molar-refractivity contribution in [2.75, 3.05) is 26.2 Å². The van der Waals surface area contributed by atoms with Crippen LogP contribution in [0.5, 0.6) is 0 Å². The lowest BCUT2D eigenvalue weighted by atomic mass is 9.92. The standard InChI is InChI=1S/C16H29NO2/c1-6-16(5,7-2)19-12-15(18)11-17-9-13(3)8-14(4)10-17/h1,13-15,18H,7-12H2,2-5H3/t13-,14-,15+,16+/m0/s1. The Morgan fingerprint density at radius 2 is 2.00 bits per heavy atom. The molecule has 3 nitrogen and oxygen atoms in total. The number of β-amino-alcohol motifs (C(OH)–C–C–N with tert-alkyl or cyclic N) is 1. The van der Waals surface area contributed by atoms with Crippen molar-refractivity contribution in [3.8, 4) is 12.3 Å². The second-order valence-corrected chi connectivity index (χ2v) is 6.36. The normalized spacial score (nSPS) is 29.5. The summed E-state index contributed by atoms with van der Waals surface area (Å²) in [6, 6.07) is 0. The minimum Gasteiger partial charge on any atom is -0.389 e. The molecule has 0 aromatic carbocycles. The van der Waals surface area contributed by atoms with Gasteiger partial charge in [0.25, 0.3) is 0 Å². The number of hydrogen-bond donors (Lipinski definition) is 1. The minimum atomic E-state index is -0.552. The number of terminal acetylenes is 1. The van der Waals surface area contributed by atoms with Crippen molar-refractivity contribution < 1.29 is 9.84 Å². The van der Waals surface area contributed by atoms with Gasteiger partial charge in [-0.3, -0.25) is 0 Å². The zero-order valence-corrected chi connectivity index (χ0v) is 12.9. The third-order valence-corrected chi connectivity index (χ3v) is 3.99. The van der Waals surface area contributed by atoms with Crippen molar-refractivity contribution in [3.05, 3.63) is 0 Å². The molecular formula is C16H29NO2. The Morgan fingerprint density at radius 3 is 2.47 bits per heavy atom. The molecule has 19 heavy (non-hydrogen) atoms. The zero-order valence-electron chi connectivity index (χ0n) is 12.9. The summed E-state index contributed by atoms with van der Waals surface area (Å²) in [6.07, 6.45) is 7.04. The molecule has 1 fully saturated rings. The molecule has 1 N–H and O–H groups in total. The van der Waals surface area contributed by atoms with E-state index in [1.54, 1.807) is 0 Å². The number of ether oxygens (including phenoxy) is 1. The molecule has 3 heteroatoms. The maximum absolute atomic E-state index is 10.1. The van der Waals surface area contributed by atoms with Crippen LogP contribution >= 0.6 is 0 Å². The van der Waals surface area contributed by atoms with E-state index >= 15 is 0 Å². The number of hydrogen-bond acceptors (Lipinski definition) is 3. The highest BCUT2D eigenvalue weighted by Crippen LogP contribution is 2.21. The molecular weight excluding hydrogens is 238 g/mol. The van der Waals surface area contributed by atoms with Gasteiger partial charge in [-0.2, -0.15) is 0 Å². The fourth-order valence-electron chi connectivity index (χ4n) is 2.82. The quantitative estimate of drug-likeness (QED) is 0.749. The zero-order chi connectivity index (χ0) is 14.5. The van der Waals surface area contributed by atoms with Crippen LogP contribution in [0.3, 0.4) is 0 Å². The van der Waals surface area contributed by atoms with Crippen LogP contribution in [0.4, 0.5) is 0 Å². The molecule has 4 atom stereocenters. The molecule has 0 spiro atoms. The van der Waals surface area contributed by atoms with E-state index in [9.17, 15) is 5.11 Å². The van der Waals surface area contributed by atoms with Crippen LogP contribution in [-0.2, 0) is 4.74 Å². The lowest BCUT2D eigenvalue weighted by Gasteiger charge is -2.36. The van der Waals surface area contributed by atoms with Gasteiger partial charge in [0.15, 0.2) is 0 Å². The molecule has 1 saturated heterocycles. The van der Waals surface area contributed by atoms with Gasteiger partial charge in [0.05, 0.1) is 12.7 Å². The summed E-state index contributed by atoms with van der Waals surface area (Å²) >= 11 is 0. The summed E-state index contributed by atoms with van der Waals surface area (Å²) in [5.74, 6) is 4.08. The van der Waals surface area contributed by atoms with Gasteiger partial charge in [-0.05, 0) is 31.6 Å². The first-order valence-corrected chi connectivity index (χ1v) is 7.40. The monoisotopic (exact) mass is 267 g/mol. The summed E-state index contributed by atoms with van der Waals surface area (Å²) in [6.45, 7) is 11.6. The largest absolute Gasteiger partial charge is 0.389 e. The maximum atomic E-state index is 10.1. The van der Waals surface area contributed by atoms with E-state index in [4.69, 9.17) is 11.2 Å². The van der Waals surface area contributed by atoms with Gasteiger partial charge in [0.2, 0.25) is 0 Å². The average molecular weight is 267 g/mol. The van der Waals surface area contributed by atoms with Gasteiger partial charge in [-0.25, -0.2) is 0 Å². The molecule has 0 aromatic heterocycles. The topological polar surface area (TPSA) is 32.7 Å². The second-order valence-electron chi connectivity index (χ2n) is 6.36. The lowest BCUT2D eigenvalue weighted by molar-refractivity contribution is -0.0511. The SMILES string of the molecule is C#C[C@](C)(CC)OC[C@H](O)CN1C[C@@H](C)C[C@H](C)C1. The minimum absolute atomic E-state index is 0.313. The second kappa shape index (κ2) is 7.28. The highest BCUT2D eigenvalue weighted by atomic mass is 16.5. The Morgan fingerprint density at radius 1 is 1.42 bits per heavy atom. The van der Waals surface area contributed by atoms with E-state index < -0.39 is 11.7 Å². The molecule has 1 rings (SSSR count). The van der Waals surface area contributed by atoms with Crippen LogP contribution in [0.2, 0.25) is 0 Å². The van der Waals surface area contributed by atoms with Gasteiger partial charge in [0.1, 0.15) is 5.60 Å². The summed E-state index contributed by atoms with van der Waals surface area (Å²) in [5.41, 5.74) is -0.552. The number of aliphatic hydroxyl groups is 1. The van der Waals surface area contributed by atoms with Crippen molar-refractivity contribution in [1.29, 1.82) is 0 Å². The van der Waals surface area contributed by atoms with E-state index in [2.05, 4.69) is 24.7 Å². The van der Waals surface area contributed by atoms with E-state index in [-0.39, 0.29) is 0 Å². The summed E-state index contributed by atoms with van der Waals surface area (Å²) < 4.78 is 5.67. The Balaban J connectivity index is 2.35. The molecule has 0 unspecified atom stereocenters. The Bertz CT molecular complexity index is 302. The van der Waals surface area contributed by atoms with Gasteiger partial charge in [0, 0.05) is 19.6 Å². The van der Waals surface area contributed by atoms with E-state index in [0.29, 0.717) is 25.0 Å². The van der Waals surface area contributed by atoms with Crippen molar-refractivity contribution in [2.45, 2.75) is 52.2 Å². The van der Waals surface area contributed by atoms with Crippen molar-refractivity contribution in [1.82, 2.24) is 4.90 Å². The Hall–Kier alpha value is -0.560. The van der Waals surface area contributed by atoms with Crippen LogP contribution in [-0.4, -0.2) is 48.0 Å². The van der Waals surface area contributed by atoms with Crippen LogP contribution in [0, 0.1) is 24.2 Å². The fraction of sp³-hybridized carbons (Fsp3) is 0.875. The van der Waals surface area contributed by atoms with Crippen molar-refractivity contribution >= 4 is 0 Å². The van der Waals surface area contributed by atoms with Gasteiger partial charge in [-0.1, -0.05) is 26.7 Å². The molecule has 0 radical (unpaired) electrons. The maximum Gasteiger partial charge on any atom is 0.125 e. The lowest BCUT2D eigenvalue weighted by Crippen LogP contribution is -2.44. The van der Waals surface area contributed by atoms with Crippen LogP contribution in [0.1, 0.15) is 40.5 Å². The number of rotatable bonds is 6. The van der Waals surface area contributed by atoms with E-state index in [1.807, 2.05) is 13.8 Å². The highest BCUT2D eigenvalue weighted by molar-refractivity contribution is 5.05. The first-order valence-electron chi connectivity index (χ1n) is 7.40. The van der Waals surface area contributed by atoms with E-state index in [0.717, 1.165) is 19.5 Å². The fourth-order valence-corrected chi connectivity index (χ4v) is 2.82. The van der Waals surface area contributed by atoms with Gasteiger partial charge >= 0.3 is 0 Å². The van der Waals surface area contributed by atoms with Crippen LogP contribution in [0.25, 0.3) is 0 Å². The van der Waals surface area contributed by atoms with Crippen LogP contribution < -0.4 is 0 Å². The van der Waals surface area contributed by atoms with Crippen LogP contribution in [0.15, 0.2) is 0 Å². The molecule has 0 aliphatic carbocycles. The molecule has 0 aromatic rings. The third kappa shape index (κ3) is 5.52. The predicted octanol–water partition coefficient (Wildman–Crippen LogP) is 2.14. The van der Waals surface area contributed by atoms with Gasteiger partial charge in [-0.15, -0.1) is 6.42 Å². The number of piperidine rings is 1. The number of aliphatic hydroxyl groups excluding tert-OH is 1. The number of likely N-dealkylation sites (tertiary alicyclic amines) is 1. The van der Waals surface area contributed by atoms with Crippen molar-refractivity contribution in [3.63, 3.8) is 0 Å². The molecule has 1 aliphatic rings. The molecule has 1 heterocycles. The smallest absolute Gasteiger partial charge is 0.125 e. The first-order chi connectivity index (χ1) is 8.88. The highest BCUT2D eigenvalue weighted by Gasteiger charge is 2.25. The van der Waals surface area contributed by atoms with Crippen molar-refractivity contribution in [2.24, 2.45) is 11.8 Å². The average Bonchev–Trinajstić information content (AvgIpc) is 2.35. The van der Waals surface area contributed by atoms with E-state index in [1.165, 1.54) is 6.42 Å². The summed E-state index contributed by atoms with van der Waals surface area (Å²) in [4.78, 5) is 2.34. The first kappa shape index (κ1) is 16.5. The molecule has 0 saturated carbocycles.